The van der Waals surface area contributed by atoms with E-state index < -0.39 is 12.8 Å². The van der Waals surface area contributed by atoms with Crippen molar-refractivity contribution in [3.63, 3.8) is 0 Å². The van der Waals surface area contributed by atoms with Crippen LogP contribution in [-0.4, -0.2) is 121 Å². The Morgan fingerprint density at radius 3 is 2.49 bits per heavy atom. The Morgan fingerprint density at radius 1 is 1.06 bits per heavy atom. The second-order valence-electron chi connectivity index (χ2n) is 16.0. The van der Waals surface area contributed by atoms with Crippen molar-refractivity contribution in [2.24, 2.45) is 11.3 Å². The molecule has 6 heterocycles. The average Bonchev–Trinajstić information content (AvgIpc) is 3.83. The lowest BCUT2D eigenvalue weighted by atomic mass is 9.72. The molecule has 0 bridgehead atoms. The number of fused-ring (bicyclic) bond motifs is 2. The van der Waals surface area contributed by atoms with Gasteiger partial charge in [0, 0.05) is 80.0 Å². The van der Waals surface area contributed by atoms with E-state index in [9.17, 15) is 18.0 Å². The number of hydrogen-bond acceptors (Lipinski definition) is 9. The molecular weight excluding hydrogens is 685 g/mol. The molecule has 280 valence electrons. The summed E-state index contributed by atoms with van der Waals surface area (Å²) in [5.74, 6) is 1.97. The van der Waals surface area contributed by atoms with Crippen LogP contribution < -0.4 is 14.5 Å². The number of halogens is 3. The van der Waals surface area contributed by atoms with Gasteiger partial charge in [-0.15, -0.1) is 0 Å². The van der Waals surface area contributed by atoms with Crippen molar-refractivity contribution in [1.82, 2.24) is 30.0 Å². The Kier molecular flexibility index (Phi) is 8.33. The van der Waals surface area contributed by atoms with Crippen LogP contribution in [0, 0.1) is 18.3 Å². The summed E-state index contributed by atoms with van der Waals surface area (Å²) in [7, 11) is 2.10. The van der Waals surface area contributed by atoms with Gasteiger partial charge >= 0.3 is 6.18 Å². The van der Waals surface area contributed by atoms with Gasteiger partial charge in [0.15, 0.2) is 12.4 Å². The molecule has 1 amide bonds. The first-order valence-electron chi connectivity index (χ1n) is 18.7. The highest BCUT2D eigenvalue weighted by Crippen LogP contribution is 2.53. The molecule has 0 unspecified atom stereocenters. The van der Waals surface area contributed by atoms with Crippen LogP contribution >= 0.6 is 0 Å². The molecule has 5 aliphatic rings. The number of H-pyrrole nitrogens is 1. The van der Waals surface area contributed by atoms with Gasteiger partial charge in [-0.05, 0) is 80.5 Å². The fourth-order valence-corrected chi connectivity index (χ4v) is 8.81. The molecule has 4 aromatic rings. The fourth-order valence-electron chi connectivity index (χ4n) is 8.81. The zero-order valence-corrected chi connectivity index (χ0v) is 30.2. The number of amides is 1. The third kappa shape index (κ3) is 6.37. The van der Waals surface area contributed by atoms with E-state index in [0.29, 0.717) is 80.0 Å². The van der Waals surface area contributed by atoms with E-state index >= 15 is 0 Å². The lowest BCUT2D eigenvalue weighted by Gasteiger charge is -2.54. The zero-order valence-electron chi connectivity index (χ0n) is 30.2. The molecule has 1 saturated carbocycles. The number of alkyl halides is 3. The molecule has 1 aliphatic carbocycles. The number of nitrogens with zero attached hydrogens (tertiary/aromatic N) is 7. The summed E-state index contributed by atoms with van der Waals surface area (Å²) in [5.41, 5.74) is 4.55. The van der Waals surface area contributed by atoms with Gasteiger partial charge in [-0.3, -0.25) is 9.89 Å². The van der Waals surface area contributed by atoms with Crippen molar-refractivity contribution in [2.45, 2.75) is 50.8 Å². The Bertz CT molecular complexity index is 2070. The van der Waals surface area contributed by atoms with E-state index in [2.05, 4.69) is 44.6 Å². The Labute approximate surface area is 306 Å². The summed E-state index contributed by atoms with van der Waals surface area (Å²) >= 11 is 0. The van der Waals surface area contributed by atoms with E-state index in [1.165, 1.54) is 6.08 Å². The van der Waals surface area contributed by atoms with Gasteiger partial charge in [0.2, 0.25) is 11.9 Å². The van der Waals surface area contributed by atoms with Crippen LogP contribution in [0.5, 0.6) is 5.75 Å². The van der Waals surface area contributed by atoms with Crippen LogP contribution in [0.1, 0.15) is 42.7 Å². The number of carbonyl (C=O) groups is 1. The minimum absolute atomic E-state index is 0.0356. The van der Waals surface area contributed by atoms with Crippen molar-refractivity contribution in [2.75, 3.05) is 82.4 Å². The average molecular weight is 731 g/mol. The number of likely N-dealkylation sites (tertiary alicyclic amines) is 2. The first-order valence-corrected chi connectivity index (χ1v) is 18.7. The predicted molar refractivity (Wildman–Crippen MR) is 196 cm³/mol. The third-order valence-corrected chi connectivity index (χ3v) is 11.9. The largest absolute Gasteiger partial charge is 0.481 e. The van der Waals surface area contributed by atoms with Gasteiger partial charge in [-0.25, -0.2) is 4.98 Å². The maximum Gasteiger partial charge on any atom is 0.422 e. The number of piperidine rings is 1. The quantitative estimate of drug-likeness (QED) is 0.207. The van der Waals surface area contributed by atoms with Gasteiger partial charge in [0.25, 0.3) is 0 Å². The van der Waals surface area contributed by atoms with Gasteiger partial charge in [0.1, 0.15) is 11.3 Å². The van der Waals surface area contributed by atoms with Crippen LogP contribution in [0.25, 0.3) is 32.9 Å². The fraction of sp³-hybridized carbons (Fsp3) is 0.538. The Balaban J connectivity index is 1.15. The van der Waals surface area contributed by atoms with Crippen molar-refractivity contribution < 1.29 is 27.4 Å². The van der Waals surface area contributed by atoms with Crippen molar-refractivity contribution >= 4 is 39.5 Å². The molecule has 4 saturated heterocycles. The normalized spacial score (nSPS) is 20.9. The number of nitrogens with one attached hydrogen (secondary N) is 1. The number of hydrogen-bond donors (Lipinski definition) is 1. The van der Waals surface area contributed by atoms with E-state index in [0.717, 1.165) is 66.4 Å². The third-order valence-electron chi connectivity index (χ3n) is 11.9. The SMILES string of the molecule is C=CC(=O)N1CC2(CCN(c3nc(N4CC(OCC5CN(C)C5)C4)nc4c(OCC(F)(F)F)c(-c5c(C)ccc6[nH]ncc56)c(C5CC5)cc34)CC2)C1. The van der Waals surface area contributed by atoms with Crippen LogP contribution in [0.15, 0.2) is 37.1 Å². The summed E-state index contributed by atoms with van der Waals surface area (Å²) in [6.07, 6.45) is 2.19. The Morgan fingerprint density at radius 2 is 1.81 bits per heavy atom. The highest BCUT2D eigenvalue weighted by atomic mass is 19.4. The monoisotopic (exact) mass is 730 g/mol. The van der Waals surface area contributed by atoms with Crippen LogP contribution in [0.2, 0.25) is 0 Å². The summed E-state index contributed by atoms with van der Waals surface area (Å²) in [5, 5.41) is 8.85. The van der Waals surface area contributed by atoms with Gasteiger partial charge in [-0.1, -0.05) is 12.6 Å². The van der Waals surface area contributed by atoms with Crippen LogP contribution in [0.3, 0.4) is 0 Å². The number of aryl methyl sites for hydroxylation is 1. The molecule has 11 nitrogen and oxygen atoms in total. The molecule has 2 aromatic heterocycles. The Hall–Kier alpha value is -4.43. The molecule has 1 N–H and O–H groups in total. The summed E-state index contributed by atoms with van der Waals surface area (Å²) in [4.78, 5) is 30.9. The van der Waals surface area contributed by atoms with E-state index in [-0.39, 0.29) is 29.1 Å². The van der Waals surface area contributed by atoms with Crippen molar-refractivity contribution in [1.29, 1.82) is 0 Å². The van der Waals surface area contributed by atoms with E-state index in [1.807, 2.05) is 24.0 Å². The maximum atomic E-state index is 14.1. The zero-order chi connectivity index (χ0) is 36.6. The minimum atomic E-state index is -4.56. The first-order chi connectivity index (χ1) is 25.5. The number of ether oxygens (including phenoxy) is 2. The number of aromatic amines is 1. The van der Waals surface area contributed by atoms with E-state index in [4.69, 9.17) is 19.4 Å². The molecule has 0 atom stereocenters. The molecule has 5 fully saturated rings. The predicted octanol–water partition coefficient (Wildman–Crippen LogP) is 5.68. The first kappa shape index (κ1) is 34.3. The van der Waals surface area contributed by atoms with Crippen molar-refractivity contribution in [3.05, 3.63) is 48.2 Å². The highest BCUT2D eigenvalue weighted by molar-refractivity contribution is 6.06. The van der Waals surface area contributed by atoms with E-state index in [1.54, 1.807) is 6.20 Å². The molecule has 0 radical (unpaired) electrons. The molecule has 1 spiro atoms. The van der Waals surface area contributed by atoms with Gasteiger partial charge in [0.05, 0.1) is 24.4 Å². The molecule has 2 aromatic carbocycles. The smallest absolute Gasteiger partial charge is 0.422 e. The second kappa shape index (κ2) is 12.9. The topological polar surface area (TPSA) is 103 Å². The summed E-state index contributed by atoms with van der Waals surface area (Å²) in [6.45, 7) is 11.0. The molecule has 9 rings (SSSR count). The van der Waals surface area contributed by atoms with Crippen LogP contribution in [-0.2, 0) is 9.53 Å². The summed E-state index contributed by atoms with van der Waals surface area (Å²) in [6, 6.07) is 6.03. The number of carbonyl (C=O) groups excluding carboxylic acids is 1. The standard InChI is InChI=1S/C39H45F3N8O3/c1-4-31(51)50-20-38(21-50)9-11-48(12-10-38)36-28-13-27(25-6-7-25)33(32-23(2)5-8-30-29(32)14-43-46-30)35(53-22-39(40,41)42)34(28)44-37(45-36)49-17-26(18-49)52-19-24-15-47(3)16-24/h4-5,8,13-14,24-26H,1,6-7,9-12,15-22H2,2-3H3,(H,43,46). The lowest BCUT2D eigenvalue weighted by molar-refractivity contribution is -0.153. The van der Waals surface area contributed by atoms with Gasteiger partial charge in [-0.2, -0.15) is 23.3 Å². The van der Waals surface area contributed by atoms with Gasteiger partial charge < -0.3 is 29.1 Å². The number of anilines is 2. The minimum Gasteiger partial charge on any atom is -0.481 e. The molecule has 53 heavy (non-hydrogen) atoms. The summed E-state index contributed by atoms with van der Waals surface area (Å²) < 4.78 is 54.4. The van der Waals surface area contributed by atoms with Crippen LogP contribution in [0.4, 0.5) is 24.9 Å². The molecule has 4 aliphatic heterocycles. The number of aromatic nitrogens is 4. The molecular formula is C39H45F3N8O3. The lowest BCUT2D eigenvalue weighted by Crippen LogP contribution is -2.61. The maximum absolute atomic E-state index is 14.1. The number of benzene rings is 2. The second-order valence-corrected chi connectivity index (χ2v) is 16.0. The molecule has 14 heteroatoms. The van der Waals surface area contributed by atoms with Crippen molar-refractivity contribution in [3.8, 4) is 16.9 Å². The highest BCUT2D eigenvalue weighted by Gasteiger charge is 2.47. The number of rotatable bonds is 10.